The van der Waals surface area contributed by atoms with Gasteiger partial charge in [0.1, 0.15) is 0 Å². The first kappa shape index (κ1) is 16.1. The second kappa shape index (κ2) is 8.30. The number of benzene rings is 1. The molecule has 1 rings (SSSR count). The van der Waals surface area contributed by atoms with E-state index >= 15 is 0 Å². The molecule has 106 valence electrons. The van der Waals surface area contributed by atoms with Crippen molar-refractivity contribution in [1.29, 1.82) is 0 Å². The standard InChI is InChI=1S/C13H20ClN3OS/c1-9(5-6-19-2)16-8-11-4-3-10(7-12(11)14)13(15)17-18/h3-4,7,9,16,18H,5-6,8H2,1-2H3,(H2,15,17). The number of hydrogen-bond donors (Lipinski definition) is 3. The van der Waals surface area contributed by atoms with Crippen LogP contribution in [-0.2, 0) is 6.54 Å². The van der Waals surface area contributed by atoms with Crippen LogP contribution in [0.1, 0.15) is 24.5 Å². The van der Waals surface area contributed by atoms with Gasteiger partial charge in [0.15, 0.2) is 5.84 Å². The molecule has 0 saturated carbocycles. The number of rotatable bonds is 7. The fourth-order valence-corrected chi connectivity index (χ4v) is 2.43. The molecular weight excluding hydrogens is 282 g/mol. The van der Waals surface area contributed by atoms with Gasteiger partial charge in [-0.15, -0.1) is 0 Å². The summed E-state index contributed by atoms with van der Waals surface area (Å²) < 4.78 is 0. The highest BCUT2D eigenvalue weighted by Crippen LogP contribution is 2.18. The average molecular weight is 302 g/mol. The van der Waals surface area contributed by atoms with Gasteiger partial charge in [0.05, 0.1) is 0 Å². The van der Waals surface area contributed by atoms with E-state index in [1.807, 2.05) is 17.8 Å². The normalized spacial score (nSPS) is 13.5. The largest absolute Gasteiger partial charge is 0.409 e. The molecule has 4 N–H and O–H groups in total. The van der Waals surface area contributed by atoms with Crippen LogP contribution in [-0.4, -0.2) is 29.1 Å². The molecule has 0 aliphatic heterocycles. The first-order valence-corrected chi connectivity index (χ1v) is 7.84. The molecule has 0 aromatic heterocycles. The average Bonchev–Trinajstić information content (AvgIpc) is 2.42. The smallest absolute Gasteiger partial charge is 0.170 e. The van der Waals surface area contributed by atoms with Crippen molar-refractivity contribution in [3.05, 3.63) is 34.3 Å². The Balaban J connectivity index is 2.60. The highest BCUT2D eigenvalue weighted by atomic mass is 35.5. The minimum atomic E-state index is 0.0646. The third-order valence-corrected chi connectivity index (χ3v) is 3.85. The molecule has 0 fully saturated rings. The van der Waals surface area contributed by atoms with Crippen LogP contribution in [0.25, 0.3) is 0 Å². The molecule has 0 bridgehead atoms. The lowest BCUT2D eigenvalue weighted by Gasteiger charge is -2.14. The zero-order valence-electron chi connectivity index (χ0n) is 11.2. The van der Waals surface area contributed by atoms with E-state index in [4.69, 9.17) is 22.5 Å². The fourth-order valence-electron chi connectivity index (χ4n) is 1.59. The highest BCUT2D eigenvalue weighted by Gasteiger charge is 2.07. The molecule has 6 heteroatoms. The monoisotopic (exact) mass is 301 g/mol. The summed E-state index contributed by atoms with van der Waals surface area (Å²) in [6.07, 6.45) is 3.23. The summed E-state index contributed by atoms with van der Waals surface area (Å²) in [5, 5.41) is 15.6. The van der Waals surface area contributed by atoms with Gasteiger partial charge in [-0.25, -0.2) is 0 Å². The molecule has 0 aliphatic carbocycles. The quantitative estimate of drug-likeness (QED) is 0.313. The number of nitrogens with two attached hydrogens (primary N) is 1. The Hall–Kier alpha value is -0.910. The maximum atomic E-state index is 8.61. The molecule has 1 aromatic carbocycles. The predicted molar refractivity (Wildman–Crippen MR) is 83.3 cm³/mol. The SMILES string of the molecule is CSCCC(C)NCc1ccc(/C(N)=N/O)cc1Cl. The Kier molecular flexibility index (Phi) is 7.05. The van der Waals surface area contributed by atoms with Gasteiger partial charge in [0.25, 0.3) is 0 Å². The molecule has 4 nitrogen and oxygen atoms in total. The zero-order chi connectivity index (χ0) is 14.3. The third-order valence-electron chi connectivity index (χ3n) is 2.85. The number of oxime groups is 1. The van der Waals surface area contributed by atoms with Gasteiger partial charge in [-0.3, -0.25) is 0 Å². The van der Waals surface area contributed by atoms with Crippen molar-refractivity contribution in [2.45, 2.75) is 25.9 Å². The summed E-state index contributed by atoms with van der Waals surface area (Å²) in [5.41, 5.74) is 7.14. The van der Waals surface area contributed by atoms with Gasteiger partial charge in [-0.2, -0.15) is 11.8 Å². The lowest BCUT2D eigenvalue weighted by Crippen LogP contribution is -2.26. The molecule has 0 spiro atoms. The molecular formula is C13H20ClN3OS. The number of hydrogen-bond acceptors (Lipinski definition) is 4. The van der Waals surface area contributed by atoms with Crippen molar-refractivity contribution in [3.8, 4) is 0 Å². The second-order valence-electron chi connectivity index (χ2n) is 4.35. The molecule has 0 heterocycles. The van der Waals surface area contributed by atoms with Gasteiger partial charge < -0.3 is 16.3 Å². The maximum absolute atomic E-state index is 8.61. The number of thioether (sulfide) groups is 1. The topological polar surface area (TPSA) is 70.6 Å². The highest BCUT2D eigenvalue weighted by molar-refractivity contribution is 7.98. The van der Waals surface area contributed by atoms with Crippen molar-refractivity contribution in [1.82, 2.24) is 5.32 Å². The first-order chi connectivity index (χ1) is 9.08. The molecule has 1 atom stereocenters. The van der Waals surface area contributed by atoms with Crippen molar-refractivity contribution >= 4 is 29.2 Å². The molecule has 19 heavy (non-hydrogen) atoms. The van der Waals surface area contributed by atoms with Crippen LogP contribution >= 0.6 is 23.4 Å². The Labute approximate surface area is 123 Å². The van der Waals surface area contributed by atoms with Crippen molar-refractivity contribution in [2.75, 3.05) is 12.0 Å². The van der Waals surface area contributed by atoms with Crippen LogP contribution < -0.4 is 11.1 Å². The van der Waals surface area contributed by atoms with E-state index in [0.717, 1.165) is 17.7 Å². The Bertz CT molecular complexity index is 440. The summed E-state index contributed by atoms with van der Waals surface area (Å²) >= 11 is 8.03. The van der Waals surface area contributed by atoms with Gasteiger partial charge in [0.2, 0.25) is 0 Å². The van der Waals surface area contributed by atoms with Crippen LogP contribution in [0.3, 0.4) is 0 Å². The summed E-state index contributed by atoms with van der Waals surface area (Å²) in [6.45, 7) is 2.87. The lowest BCUT2D eigenvalue weighted by molar-refractivity contribution is 0.318. The van der Waals surface area contributed by atoms with E-state index in [1.165, 1.54) is 0 Å². The molecule has 0 amide bonds. The van der Waals surface area contributed by atoms with E-state index in [2.05, 4.69) is 23.7 Å². The van der Waals surface area contributed by atoms with Crippen LogP contribution in [0.15, 0.2) is 23.4 Å². The summed E-state index contributed by atoms with van der Waals surface area (Å²) in [5.74, 6) is 1.21. The summed E-state index contributed by atoms with van der Waals surface area (Å²) in [6, 6.07) is 5.85. The second-order valence-corrected chi connectivity index (χ2v) is 5.75. The maximum Gasteiger partial charge on any atom is 0.170 e. The summed E-state index contributed by atoms with van der Waals surface area (Å²) in [7, 11) is 0. The van der Waals surface area contributed by atoms with Crippen molar-refractivity contribution in [3.63, 3.8) is 0 Å². The number of nitrogens with one attached hydrogen (secondary N) is 1. The fraction of sp³-hybridized carbons (Fsp3) is 0.462. The van der Waals surface area contributed by atoms with Crippen molar-refractivity contribution < 1.29 is 5.21 Å². The Morgan fingerprint density at radius 2 is 2.32 bits per heavy atom. The Morgan fingerprint density at radius 1 is 1.58 bits per heavy atom. The van der Waals surface area contributed by atoms with Crippen molar-refractivity contribution in [2.24, 2.45) is 10.9 Å². The Morgan fingerprint density at radius 3 is 2.89 bits per heavy atom. The third kappa shape index (κ3) is 5.30. The minimum absolute atomic E-state index is 0.0646. The van der Waals surface area contributed by atoms with E-state index < -0.39 is 0 Å². The van der Waals surface area contributed by atoms with E-state index in [9.17, 15) is 0 Å². The van der Waals surface area contributed by atoms with E-state index in [1.54, 1.807) is 12.1 Å². The molecule has 0 radical (unpaired) electrons. The van der Waals surface area contributed by atoms with E-state index in [0.29, 0.717) is 23.2 Å². The van der Waals surface area contributed by atoms with Crippen LogP contribution in [0.5, 0.6) is 0 Å². The number of halogens is 1. The zero-order valence-corrected chi connectivity index (χ0v) is 12.8. The van der Waals surface area contributed by atoms with Gasteiger partial charge >= 0.3 is 0 Å². The first-order valence-electron chi connectivity index (χ1n) is 6.07. The molecule has 0 aliphatic rings. The van der Waals surface area contributed by atoms with Crippen LogP contribution in [0.2, 0.25) is 5.02 Å². The summed E-state index contributed by atoms with van der Waals surface area (Å²) in [4.78, 5) is 0. The molecule has 1 unspecified atom stereocenters. The van der Waals surface area contributed by atoms with Crippen LogP contribution in [0, 0.1) is 0 Å². The number of amidine groups is 1. The van der Waals surface area contributed by atoms with Gasteiger partial charge in [-0.05, 0) is 37.0 Å². The minimum Gasteiger partial charge on any atom is -0.409 e. The number of nitrogens with zero attached hydrogens (tertiary/aromatic N) is 1. The van der Waals surface area contributed by atoms with Gasteiger partial charge in [-0.1, -0.05) is 28.9 Å². The van der Waals surface area contributed by atoms with E-state index in [-0.39, 0.29) is 5.84 Å². The molecule has 1 aromatic rings. The molecule has 0 saturated heterocycles. The van der Waals surface area contributed by atoms with Gasteiger partial charge in [0, 0.05) is 23.2 Å². The van der Waals surface area contributed by atoms with Crippen LogP contribution in [0.4, 0.5) is 0 Å². The predicted octanol–water partition coefficient (Wildman–Crippen LogP) is 2.67. The lowest BCUT2D eigenvalue weighted by atomic mass is 10.1.